The Balaban J connectivity index is 1.27. The van der Waals surface area contributed by atoms with Crippen molar-refractivity contribution in [1.82, 2.24) is 14.7 Å². The van der Waals surface area contributed by atoms with Gasteiger partial charge in [0.1, 0.15) is 5.75 Å². The second-order valence-corrected chi connectivity index (χ2v) is 9.23. The van der Waals surface area contributed by atoms with Crippen LogP contribution in [0.2, 0.25) is 0 Å². The van der Waals surface area contributed by atoms with Crippen LogP contribution in [0.15, 0.2) is 47.1 Å². The molecule has 0 N–H and O–H groups in total. The Bertz CT molecular complexity index is 894. The molecule has 2 aliphatic rings. The summed E-state index contributed by atoms with van der Waals surface area (Å²) >= 11 is 0. The van der Waals surface area contributed by atoms with Gasteiger partial charge in [-0.2, -0.15) is 0 Å². The average molecular weight is 454 g/mol. The van der Waals surface area contributed by atoms with Crippen LogP contribution in [0.5, 0.6) is 5.75 Å². The van der Waals surface area contributed by atoms with Crippen molar-refractivity contribution < 1.29 is 18.7 Å². The number of ether oxygens (including phenoxy) is 1. The second kappa shape index (κ2) is 10.9. The molecule has 2 saturated heterocycles. The molecule has 2 atom stereocenters. The number of piperidine rings is 1. The predicted octanol–water partition coefficient (Wildman–Crippen LogP) is 3.91. The zero-order valence-electron chi connectivity index (χ0n) is 19.7. The summed E-state index contributed by atoms with van der Waals surface area (Å²) in [5.41, 5.74) is 0.640. The van der Waals surface area contributed by atoms with E-state index in [0.717, 1.165) is 18.7 Å². The lowest BCUT2D eigenvalue weighted by Gasteiger charge is -2.44. The van der Waals surface area contributed by atoms with Crippen molar-refractivity contribution in [1.29, 1.82) is 0 Å². The molecule has 178 valence electrons. The Morgan fingerprint density at radius 3 is 2.30 bits per heavy atom. The molecule has 7 nitrogen and oxygen atoms in total. The summed E-state index contributed by atoms with van der Waals surface area (Å²) in [6.07, 6.45) is 6.49. The molecule has 2 aliphatic heterocycles. The smallest absolute Gasteiger partial charge is 0.290 e. The number of hydrogen-bond acceptors (Lipinski definition) is 5. The first-order chi connectivity index (χ1) is 16.0. The van der Waals surface area contributed by atoms with Crippen molar-refractivity contribution in [3.8, 4) is 5.75 Å². The maximum absolute atomic E-state index is 13.1. The first-order valence-electron chi connectivity index (χ1n) is 12.1. The van der Waals surface area contributed by atoms with Gasteiger partial charge in [-0.15, -0.1) is 0 Å². The molecule has 1 aromatic heterocycles. The van der Waals surface area contributed by atoms with Crippen LogP contribution in [0.25, 0.3) is 0 Å². The summed E-state index contributed by atoms with van der Waals surface area (Å²) in [5, 5.41) is 0. The molecule has 2 amide bonds. The highest BCUT2D eigenvalue weighted by molar-refractivity contribution is 5.95. The van der Waals surface area contributed by atoms with E-state index in [2.05, 4.69) is 4.90 Å². The number of hydrogen-bond donors (Lipinski definition) is 0. The van der Waals surface area contributed by atoms with Crippen molar-refractivity contribution in [2.45, 2.75) is 51.6 Å². The number of likely N-dealkylation sites (tertiary alicyclic amines) is 1. The molecule has 0 spiro atoms. The summed E-state index contributed by atoms with van der Waals surface area (Å²) in [7, 11) is 0. The standard InChI is InChI=1S/C26H35N3O4/c1-20-18-28(19-21(2)29(20)26(31)24-8-6-16-33-24)25(30)22-9-11-23(12-10-22)32-17-7-15-27-13-4-3-5-14-27/h6,8-12,16,20-21H,3-5,7,13-15,17-19H2,1-2H3/t20-,21+. The Morgan fingerprint density at radius 2 is 1.67 bits per heavy atom. The highest BCUT2D eigenvalue weighted by atomic mass is 16.5. The van der Waals surface area contributed by atoms with E-state index in [1.165, 1.54) is 38.6 Å². The molecule has 0 bridgehead atoms. The van der Waals surface area contributed by atoms with E-state index in [9.17, 15) is 9.59 Å². The number of carbonyl (C=O) groups excluding carboxylic acids is 2. The normalized spacial score (nSPS) is 21.8. The highest BCUT2D eigenvalue weighted by Gasteiger charge is 2.36. The number of benzene rings is 1. The zero-order chi connectivity index (χ0) is 23.2. The molecular formula is C26H35N3O4. The molecule has 1 aromatic carbocycles. The van der Waals surface area contributed by atoms with Crippen LogP contribution in [0.4, 0.5) is 0 Å². The Hall–Kier alpha value is -2.80. The van der Waals surface area contributed by atoms with Crippen LogP contribution in [0, 0.1) is 0 Å². The third-order valence-electron chi connectivity index (χ3n) is 6.61. The minimum absolute atomic E-state index is 0.0181. The summed E-state index contributed by atoms with van der Waals surface area (Å²) < 4.78 is 11.2. The largest absolute Gasteiger partial charge is 0.494 e. The topological polar surface area (TPSA) is 66.2 Å². The van der Waals surface area contributed by atoms with Gasteiger partial charge in [0.25, 0.3) is 11.8 Å². The van der Waals surface area contributed by atoms with Gasteiger partial charge in [0, 0.05) is 37.3 Å². The number of furan rings is 1. The molecule has 2 aromatic rings. The lowest BCUT2D eigenvalue weighted by atomic mass is 10.1. The molecule has 4 rings (SSSR count). The van der Waals surface area contributed by atoms with Gasteiger partial charge in [0.05, 0.1) is 12.9 Å². The molecule has 7 heteroatoms. The minimum atomic E-state index is -0.131. The number of nitrogens with zero attached hydrogens (tertiary/aromatic N) is 3. The lowest BCUT2D eigenvalue weighted by Crippen LogP contribution is -2.59. The van der Waals surface area contributed by atoms with E-state index in [1.807, 2.05) is 47.9 Å². The number of piperazine rings is 1. The zero-order valence-corrected chi connectivity index (χ0v) is 19.7. The predicted molar refractivity (Wildman–Crippen MR) is 127 cm³/mol. The van der Waals surface area contributed by atoms with Gasteiger partial charge in [-0.05, 0) is 82.6 Å². The van der Waals surface area contributed by atoms with E-state index in [4.69, 9.17) is 9.15 Å². The maximum Gasteiger partial charge on any atom is 0.290 e. The molecule has 0 radical (unpaired) electrons. The van der Waals surface area contributed by atoms with Gasteiger partial charge in [-0.1, -0.05) is 6.42 Å². The third-order valence-corrected chi connectivity index (χ3v) is 6.61. The monoisotopic (exact) mass is 453 g/mol. The van der Waals surface area contributed by atoms with Crippen LogP contribution < -0.4 is 4.74 Å². The average Bonchev–Trinajstić information content (AvgIpc) is 3.37. The second-order valence-electron chi connectivity index (χ2n) is 9.23. The quantitative estimate of drug-likeness (QED) is 0.595. The fourth-order valence-corrected chi connectivity index (χ4v) is 4.95. The lowest BCUT2D eigenvalue weighted by molar-refractivity contribution is 0.0235. The molecule has 0 unspecified atom stereocenters. The van der Waals surface area contributed by atoms with Crippen molar-refractivity contribution >= 4 is 11.8 Å². The minimum Gasteiger partial charge on any atom is -0.494 e. The van der Waals surface area contributed by atoms with Crippen LogP contribution in [0.1, 0.15) is 60.4 Å². The first kappa shape index (κ1) is 23.4. The first-order valence-corrected chi connectivity index (χ1v) is 12.1. The van der Waals surface area contributed by atoms with E-state index in [0.29, 0.717) is 31.0 Å². The molecule has 3 heterocycles. The van der Waals surface area contributed by atoms with E-state index < -0.39 is 0 Å². The van der Waals surface area contributed by atoms with Gasteiger partial charge < -0.3 is 23.9 Å². The van der Waals surface area contributed by atoms with Gasteiger partial charge in [-0.3, -0.25) is 9.59 Å². The molecular weight excluding hydrogens is 418 g/mol. The molecule has 2 fully saturated rings. The Labute approximate surface area is 196 Å². The summed E-state index contributed by atoms with van der Waals surface area (Å²) in [6, 6.07) is 10.6. The van der Waals surface area contributed by atoms with Gasteiger partial charge in [0.2, 0.25) is 0 Å². The number of rotatable bonds is 7. The van der Waals surface area contributed by atoms with E-state index >= 15 is 0 Å². The third kappa shape index (κ3) is 5.77. The van der Waals surface area contributed by atoms with Crippen LogP contribution in [-0.4, -0.2) is 77.9 Å². The van der Waals surface area contributed by atoms with E-state index in [-0.39, 0.29) is 23.9 Å². The molecule has 0 aliphatic carbocycles. The van der Waals surface area contributed by atoms with Crippen LogP contribution >= 0.6 is 0 Å². The highest BCUT2D eigenvalue weighted by Crippen LogP contribution is 2.22. The fraction of sp³-hybridized carbons (Fsp3) is 0.538. The Kier molecular flexibility index (Phi) is 7.70. The number of amides is 2. The fourth-order valence-electron chi connectivity index (χ4n) is 4.95. The van der Waals surface area contributed by atoms with Crippen LogP contribution in [0.3, 0.4) is 0 Å². The van der Waals surface area contributed by atoms with Crippen molar-refractivity contribution in [3.05, 3.63) is 54.0 Å². The van der Waals surface area contributed by atoms with Crippen molar-refractivity contribution in [3.63, 3.8) is 0 Å². The summed E-state index contributed by atoms with van der Waals surface area (Å²) in [6.45, 7) is 9.11. The number of carbonyl (C=O) groups is 2. The maximum atomic E-state index is 13.1. The van der Waals surface area contributed by atoms with Crippen molar-refractivity contribution in [2.75, 3.05) is 39.3 Å². The molecule has 33 heavy (non-hydrogen) atoms. The van der Waals surface area contributed by atoms with Gasteiger partial charge in [-0.25, -0.2) is 0 Å². The summed E-state index contributed by atoms with van der Waals surface area (Å²) in [4.78, 5) is 32.0. The van der Waals surface area contributed by atoms with Crippen LogP contribution in [-0.2, 0) is 0 Å². The van der Waals surface area contributed by atoms with E-state index in [1.54, 1.807) is 12.1 Å². The Morgan fingerprint density at radius 1 is 0.970 bits per heavy atom. The summed E-state index contributed by atoms with van der Waals surface area (Å²) in [5.74, 6) is 0.977. The van der Waals surface area contributed by atoms with Crippen molar-refractivity contribution in [2.24, 2.45) is 0 Å². The van der Waals surface area contributed by atoms with Gasteiger partial charge >= 0.3 is 0 Å². The molecule has 0 saturated carbocycles. The van der Waals surface area contributed by atoms with Gasteiger partial charge in [0.15, 0.2) is 5.76 Å². The SMILES string of the molecule is C[C@@H]1CN(C(=O)c2ccc(OCCCN3CCCCC3)cc2)C[C@H](C)N1C(=O)c1ccco1.